The van der Waals surface area contributed by atoms with E-state index in [4.69, 9.17) is 0 Å². The summed E-state index contributed by atoms with van der Waals surface area (Å²) < 4.78 is 134. The maximum Gasteiger partial charge on any atom is 0.435 e. The molecule has 2 aliphatic rings. The van der Waals surface area contributed by atoms with Crippen molar-refractivity contribution >= 4 is 9.84 Å². The first kappa shape index (κ1) is 24.9. The molecule has 0 aromatic heterocycles. The smallest absolute Gasteiger partial charge is 0.312 e. The predicted molar refractivity (Wildman–Crippen MR) is 106 cm³/mol. The molecule has 186 valence electrons. The molecule has 2 aromatic carbocycles. The topological polar surface area (TPSA) is 46.2 Å². The fraction of sp³-hybridized carbons (Fsp3) is 0.455. The maximum absolute atomic E-state index is 14.7. The van der Waals surface area contributed by atoms with E-state index in [-0.39, 0.29) is 35.4 Å². The number of aryl methyl sites for hydroxylation is 1. The van der Waals surface area contributed by atoms with Gasteiger partial charge >= 0.3 is 18.0 Å². The third-order valence-electron chi connectivity index (χ3n) is 6.90. The van der Waals surface area contributed by atoms with E-state index < -0.39 is 55.9 Å². The van der Waals surface area contributed by atoms with E-state index in [1.807, 2.05) is 0 Å². The first-order valence-corrected chi connectivity index (χ1v) is 11.8. The standard InChI is InChI=1S/C22H19F8NO2S/c1-12-11-31-18-9-2-13-10-14(20(24,21(25,26)27)22(28,29)30)3-8-17(13)19(12,18)34(32,33)16-6-4-15(23)5-7-16/h3-8,10,12,18,31H,2,9,11H2,1H3/t12-,18?,19?/m0/s1. The van der Waals surface area contributed by atoms with Crippen molar-refractivity contribution in [2.45, 2.75) is 53.5 Å². The molecule has 1 heterocycles. The highest BCUT2D eigenvalue weighted by molar-refractivity contribution is 7.92. The molecule has 0 spiro atoms. The van der Waals surface area contributed by atoms with Crippen molar-refractivity contribution < 1.29 is 43.5 Å². The largest absolute Gasteiger partial charge is 0.435 e. The quantitative estimate of drug-likeness (QED) is 0.446. The molecule has 1 N–H and O–H groups in total. The van der Waals surface area contributed by atoms with E-state index >= 15 is 0 Å². The van der Waals surface area contributed by atoms with Gasteiger partial charge in [-0.25, -0.2) is 17.2 Å². The number of fused-ring (bicyclic) bond motifs is 3. The summed E-state index contributed by atoms with van der Waals surface area (Å²) in [7, 11) is -4.31. The first-order valence-electron chi connectivity index (χ1n) is 10.3. The molecule has 1 aliphatic carbocycles. The second kappa shape index (κ2) is 7.64. The highest BCUT2D eigenvalue weighted by Crippen LogP contribution is 2.56. The summed E-state index contributed by atoms with van der Waals surface area (Å²) in [4.78, 5) is -0.239. The van der Waals surface area contributed by atoms with E-state index in [1.54, 1.807) is 6.92 Å². The van der Waals surface area contributed by atoms with Crippen LogP contribution in [0.2, 0.25) is 0 Å². The van der Waals surface area contributed by atoms with Crippen molar-refractivity contribution in [3.05, 3.63) is 65.0 Å². The lowest BCUT2D eigenvalue weighted by atomic mass is 9.74. The number of nitrogens with one attached hydrogen (secondary N) is 1. The lowest BCUT2D eigenvalue weighted by Crippen LogP contribution is -2.53. The van der Waals surface area contributed by atoms with E-state index in [9.17, 15) is 43.5 Å². The number of hydrogen-bond acceptors (Lipinski definition) is 3. The number of alkyl halides is 7. The van der Waals surface area contributed by atoms with E-state index in [0.717, 1.165) is 30.3 Å². The average Bonchev–Trinajstić information content (AvgIpc) is 3.09. The van der Waals surface area contributed by atoms with Crippen LogP contribution in [0.1, 0.15) is 30.0 Å². The number of sulfone groups is 1. The summed E-state index contributed by atoms with van der Waals surface area (Å²) in [5, 5.41) is 3.08. The molecule has 3 nitrogen and oxygen atoms in total. The third-order valence-corrected chi connectivity index (χ3v) is 9.59. The van der Waals surface area contributed by atoms with Crippen molar-refractivity contribution in [3.8, 4) is 0 Å². The van der Waals surface area contributed by atoms with E-state index in [2.05, 4.69) is 5.32 Å². The van der Waals surface area contributed by atoms with Gasteiger partial charge in [-0.1, -0.05) is 25.1 Å². The van der Waals surface area contributed by atoms with Gasteiger partial charge in [0, 0.05) is 11.6 Å². The molecule has 2 unspecified atom stereocenters. The maximum atomic E-state index is 14.7. The van der Waals surface area contributed by atoms with Gasteiger partial charge in [0.15, 0.2) is 9.84 Å². The van der Waals surface area contributed by atoms with Gasteiger partial charge in [0.2, 0.25) is 0 Å². The number of hydrogen-bond donors (Lipinski definition) is 1. The monoisotopic (exact) mass is 513 g/mol. The van der Waals surface area contributed by atoms with Crippen LogP contribution in [0.15, 0.2) is 47.4 Å². The van der Waals surface area contributed by atoms with Gasteiger partial charge in [-0.3, -0.25) is 0 Å². The van der Waals surface area contributed by atoms with Crippen LogP contribution in [-0.2, 0) is 26.7 Å². The van der Waals surface area contributed by atoms with Crippen molar-refractivity contribution in [1.29, 1.82) is 0 Å². The van der Waals surface area contributed by atoms with Crippen molar-refractivity contribution in [1.82, 2.24) is 5.32 Å². The zero-order valence-corrected chi connectivity index (χ0v) is 18.4. The van der Waals surface area contributed by atoms with Gasteiger partial charge < -0.3 is 5.32 Å². The van der Waals surface area contributed by atoms with Crippen molar-refractivity contribution in [3.63, 3.8) is 0 Å². The third kappa shape index (κ3) is 3.20. The molecular formula is C22H19F8NO2S. The Morgan fingerprint density at radius 3 is 2.09 bits per heavy atom. The van der Waals surface area contributed by atoms with Crippen LogP contribution in [0, 0.1) is 11.7 Å². The molecule has 1 fully saturated rings. The zero-order chi connectivity index (χ0) is 25.3. The molecule has 0 saturated carbocycles. The summed E-state index contributed by atoms with van der Waals surface area (Å²) in [5.74, 6) is -1.32. The van der Waals surface area contributed by atoms with Crippen LogP contribution >= 0.6 is 0 Å². The molecule has 34 heavy (non-hydrogen) atoms. The Bertz CT molecular complexity index is 1190. The first-order chi connectivity index (χ1) is 15.6. The molecule has 0 bridgehead atoms. The molecule has 2 aromatic rings. The fourth-order valence-electron chi connectivity index (χ4n) is 5.32. The molecule has 0 radical (unpaired) electrons. The second-order valence-corrected chi connectivity index (χ2v) is 10.8. The van der Waals surface area contributed by atoms with Crippen molar-refractivity contribution in [2.75, 3.05) is 6.54 Å². The van der Waals surface area contributed by atoms with Crippen molar-refractivity contribution in [2.24, 2.45) is 5.92 Å². The van der Waals surface area contributed by atoms with Gasteiger partial charge in [0.1, 0.15) is 10.6 Å². The Morgan fingerprint density at radius 2 is 1.53 bits per heavy atom. The molecule has 12 heteroatoms. The Hall–Kier alpha value is -2.21. The van der Waals surface area contributed by atoms with Crippen LogP contribution in [0.3, 0.4) is 0 Å². The van der Waals surface area contributed by atoms with Crippen LogP contribution < -0.4 is 5.32 Å². The molecule has 1 saturated heterocycles. The Balaban J connectivity index is 1.96. The van der Waals surface area contributed by atoms with Crippen LogP contribution in [-0.4, -0.2) is 33.4 Å². The fourth-order valence-corrected chi connectivity index (χ4v) is 7.89. The van der Waals surface area contributed by atoms with Gasteiger partial charge in [0.05, 0.1) is 4.90 Å². The van der Waals surface area contributed by atoms with E-state index in [1.165, 1.54) is 0 Å². The summed E-state index contributed by atoms with van der Waals surface area (Å²) in [6, 6.07) is 5.00. The molecule has 3 atom stereocenters. The van der Waals surface area contributed by atoms with Gasteiger partial charge in [-0.15, -0.1) is 0 Å². The van der Waals surface area contributed by atoms with Crippen LogP contribution in [0.4, 0.5) is 35.1 Å². The minimum Gasteiger partial charge on any atom is -0.312 e. The molecule has 0 amide bonds. The van der Waals surface area contributed by atoms with Crippen LogP contribution in [0.25, 0.3) is 0 Å². The van der Waals surface area contributed by atoms with Gasteiger partial charge in [-0.2, -0.15) is 26.3 Å². The normalized spacial score (nSPS) is 25.7. The predicted octanol–water partition coefficient (Wildman–Crippen LogP) is 5.34. The summed E-state index contributed by atoms with van der Waals surface area (Å²) in [6.45, 7) is 1.81. The Kier molecular flexibility index (Phi) is 5.60. The Labute approximate surface area is 190 Å². The van der Waals surface area contributed by atoms with E-state index in [0.29, 0.717) is 12.1 Å². The lowest BCUT2D eigenvalue weighted by molar-refractivity contribution is -0.348. The highest BCUT2D eigenvalue weighted by Gasteiger charge is 2.73. The average molecular weight is 513 g/mol. The van der Waals surface area contributed by atoms with Gasteiger partial charge in [-0.05, 0) is 60.7 Å². The van der Waals surface area contributed by atoms with Gasteiger partial charge in [0.25, 0.3) is 0 Å². The summed E-state index contributed by atoms with van der Waals surface area (Å²) in [6.07, 6.45) is -12.5. The minimum atomic E-state index is -6.28. The number of halogens is 8. The minimum absolute atomic E-state index is 0.0148. The number of rotatable bonds is 3. The Morgan fingerprint density at radius 1 is 0.941 bits per heavy atom. The molecular weight excluding hydrogens is 494 g/mol. The zero-order valence-electron chi connectivity index (χ0n) is 17.6. The highest BCUT2D eigenvalue weighted by atomic mass is 32.2. The number of benzene rings is 2. The summed E-state index contributed by atoms with van der Waals surface area (Å²) in [5.41, 5.74) is -7.36. The second-order valence-electron chi connectivity index (χ2n) is 8.68. The summed E-state index contributed by atoms with van der Waals surface area (Å²) >= 11 is 0. The molecule has 4 rings (SSSR count). The molecule has 1 aliphatic heterocycles. The van der Waals surface area contributed by atoms with Crippen LogP contribution in [0.5, 0.6) is 0 Å². The lowest BCUT2D eigenvalue weighted by Gasteiger charge is -2.43. The SMILES string of the molecule is C[C@H]1CNC2CCc3cc(C(F)(C(F)(F)F)C(F)(F)F)ccc3C21S(=O)(=O)c1ccc(F)cc1.